The van der Waals surface area contributed by atoms with Gasteiger partial charge in [-0.25, -0.2) is 19.6 Å². The molecule has 3 N–H and O–H groups in total. The molecule has 3 aromatic rings. The smallest absolute Gasteiger partial charge is 0.410 e. The van der Waals surface area contributed by atoms with Crippen molar-refractivity contribution in [3.8, 4) is 0 Å². The number of aromatic nitrogens is 3. The van der Waals surface area contributed by atoms with Gasteiger partial charge in [0.05, 0.1) is 30.7 Å². The average molecular weight is 593 g/mol. The number of imidazole rings is 1. The van der Waals surface area contributed by atoms with Crippen LogP contribution in [0.25, 0.3) is 5.65 Å². The van der Waals surface area contributed by atoms with Crippen molar-refractivity contribution in [3.63, 3.8) is 0 Å². The van der Waals surface area contributed by atoms with Crippen molar-refractivity contribution in [3.05, 3.63) is 53.6 Å². The van der Waals surface area contributed by atoms with Gasteiger partial charge in [-0.2, -0.15) is 0 Å². The Bertz CT molecular complexity index is 1550. The molecule has 0 saturated carbocycles. The molecule has 4 rings (SSSR count). The molecule has 1 aliphatic rings. The van der Waals surface area contributed by atoms with E-state index in [2.05, 4.69) is 15.6 Å². The molecule has 230 valence electrons. The molecule has 13 nitrogen and oxygen atoms in total. The first-order valence-corrected chi connectivity index (χ1v) is 14.1. The predicted molar refractivity (Wildman–Crippen MR) is 163 cm³/mol. The maximum atomic E-state index is 13.2. The molecule has 1 atom stereocenters. The SMILES string of the molecule is CNc1cc(C(=O)Nc2cn3cc(C4CN(C(=O)OC(C)(C)C)CCN4C(=O)OC(C)(C)C)nc3cn2)ccc1C(C)=N. The Morgan fingerprint density at radius 2 is 1.67 bits per heavy atom. The molecule has 1 saturated heterocycles. The molecule has 1 aliphatic heterocycles. The molecule has 3 heterocycles. The standard InChI is InChI=1S/C30H40N8O5/c1-18(31)20-10-9-19(13-21(20)32-8)26(39)35-24-17-37-15-22(34-25(37)14-33-24)23-16-36(27(40)42-29(2,3)4)11-12-38(23)28(41)43-30(5,6)7/h9-10,13-15,17,23,31-32H,11-12,16H2,1-8H3,(H,35,39). The molecule has 0 aliphatic carbocycles. The van der Waals surface area contributed by atoms with Crippen molar-refractivity contribution < 1.29 is 23.9 Å². The average Bonchev–Trinajstić information content (AvgIpc) is 3.33. The van der Waals surface area contributed by atoms with E-state index in [1.165, 1.54) is 6.20 Å². The fourth-order valence-electron chi connectivity index (χ4n) is 4.62. The van der Waals surface area contributed by atoms with Crippen LogP contribution >= 0.6 is 0 Å². The van der Waals surface area contributed by atoms with Crippen molar-refractivity contribution in [2.75, 3.05) is 37.3 Å². The molecule has 3 amide bonds. The number of hydrogen-bond acceptors (Lipinski definition) is 9. The number of piperazine rings is 1. The van der Waals surface area contributed by atoms with E-state index >= 15 is 0 Å². The number of nitrogens with one attached hydrogen (secondary N) is 3. The highest BCUT2D eigenvalue weighted by molar-refractivity contribution is 6.07. The molecule has 0 spiro atoms. The van der Waals surface area contributed by atoms with Crippen molar-refractivity contribution in [2.45, 2.75) is 65.7 Å². The van der Waals surface area contributed by atoms with Gasteiger partial charge >= 0.3 is 12.2 Å². The number of benzene rings is 1. The molecule has 1 aromatic carbocycles. The quantitative estimate of drug-likeness (QED) is 0.352. The predicted octanol–water partition coefficient (Wildman–Crippen LogP) is 4.94. The van der Waals surface area contributed by atoms with Crippen LogP contribution in [0.1, 0.15) is 76.1 Å². The Labute approximate surface area is 251 Å². The molecular formula is C30H40N8O5. The second-order valence-corrected chi connectivity index (χ2v) is 12.4. The zero-order valence-electron chi connectivity index (χ0n) is 25.9. The van der Waals surface area contributed by atoms with Crippen LogP contribution in [0.4, 0.5) is 21.1 Å². The molecule has 0 radical (unpaired) electrons. The van der Waals surface area contributed by atoms with Crippen molar-refractivity contribution in [2.24, 2.45) is 0 Å². The van der Waals surface area contributed by atoms with Crippen molar-refractivity contribution in [1.82, 2.24) is 24.2 Å². The number of carbonyl (C=O) groups is 3. The van der Waals surface area contributed by atoms with E-state index < -0.39 is 29.4 Å². The third kappa shape index (κ3) is 7.59. The van der Waals surface area contributed by atoms with Crippen LogP contribution in [-0.4, -0.2) is 85.9 Å². The largest absolute Gasteiger partial charge is 0.444 e. The molecule has 1 fully saturated rings. The Kier molecular flexibility index (Phi) is 8.65. The maximum absolute atomic E-state index is 13.2. The van der Waals surface area contributed by atoms with Gasteiger partial charge in [-0.1, -0.05) is 6.07 Å². The Balaban J connectivity index is 1.60. The maximum Gasteiger partial charge on any atom is 0.410 e. The Hall–Kier alpha value is -4.68. The highest BCUT2D eigenvalue weighted by Crippen LogP contribution is 2.29. The molecule has 43 heavy (non-hydrogen) atoms. The molecule has 1 unspecified atom stereocenters. The second-order valence-electron chi connectivity index (χ2n) is 12.4. The van der Waals surface area contributed by atoms with Crippen LogP contribution in [-0.2, 0) is 9.47 Å². The van der Waals surface area contributed by atoms with E-state index in [1.807, 2.05) is 0 Å². The number of amides is 3. The summed E-state index contributed by atoms with van der Waals surface area (Å²) in [5, 5.41) is 13.7. The minimum Gasteiger partial charge on any atom is -0.444 e. The van der Waals surface area contributed by atoms with E-state index in [4.69, 9.17) is 19.9 Å². The van der Waals surface area contributed by atoms with Gasteiger partial charge < -0.3 is 34.8 Å². The van der Waals surface area contributed by atoms with Gasteiger partial charge in [0, 0.05) is 48.9 Å². The van der Waals surface area contributed by atoms with E-state index in [9.17, 15) is 14.4 Å². The van der Waals surface area contributed by atoms with Crippen molar-refractivity contribution in [1.29, 1.82) is 5.41 Å². The van der Waals surface area contributed by atoms with Crippen LogP contribution in [0.3, 0.4) is 0 Å². The zero-order chi connectivity index (χ0) is 31.7. The van der Waals surface area contributed by atoms with Crippen LogP contribution in [0.2, 0.25) is 0 Å². The van der Waals surface area contributed by atoms with Crippen LogP contribution in [0.15, 0.2) is 36.8 Å². The van der Waals surface area contributed by atoms with Gasteiger partial charge in [0.2, 0.25) is 0 Å². The monoisotopic (exact) mass is 592 g/mol. The van der Waals surface area contributed by atoms with Crippen molar-refractivity contribution >= 4 is 41.0 Å². The lowest BCUT2D eigenvalue weighted by Crippen LogP contribution is -2.54. The third-order valence-electron chi connectivity index (χ3n) is 6.56. The normalized spacial score (nSPS) is 15.7. The highest BCUT2D eigenvalue weighted by Gasteiger charge is 2.38. The third-order valence-corrected chi connectivity index (χ3v) is 6.56. The first-order valence-electron chi connectivity index (χ1n) is 14.1. The fraction of sp³-hybridized carbons (Fsp3) is 0.467. The van der Waals surface area contributed by atoms with Crippen LogP contribution in [0.5, 0.6) is 0 Å². The summed E-state index contributed by atoms with van der Waals surface area (Å²) in [7, 11) is 1.73. The molecule has 2 aromatic heterocycles. The number of fused-ring (bicyclic) bond motifs is 1. The lowest BCUT2D eigenvalue weighted by molar-refractivity contribution is -0.0157. The first-order chi connectivity index (χ1) is 20.0. The number of anilines is 2. The fourth-order valence-corrected chi connectivity index (χ4v) is 4.62. The van der Waals surface area contributed by atoms with Crippen LogP contribution < -0.4 is 10.6 Å². The summed E-state index contributed by atoms with van der Waals surface area (Å²) in [6.07, 6.45) is 3.92. The lowest BCUT2D eigenvalue weighted by atomic mass is 10.1. The summed E-state index contributed by atoms with van der Waals surface area (Å²) in [4.78, 5) is 51.3. The summed E-state index contributed by atoms with van der Waals surface area (Å²) in [6.45, 7) is 13.2. The number of rotatable bonds is 5. The summed E-state index contributed by atoms with van der Waals surface area (Å²) < 4.78 is 12.9. The molecule has 13 heteroatoms. The summed E-state index contributed by atoms with van der Waals surface area (Å²) in [6, 6.07) is 4.46. The lowest BCUT2D eigenvalue weighted by Gasteiger charge is -2.41. The summed E-state index contributed by atoms with van der Waals surface area (Å²) >= 11 is 0. The minimum absolute atomic E-state index is 0.161. The summed E-state index contributed by atoms with van der Waals surface area (Å²) in [5.41, 5.74) is 1.82. The highest BCUT2D eigenvalue weighted by atomic mass is 16.6. The topological polar surface area (TPSA) is 154 Å². The van der Waals surface area contributed by atoms with Gasteiger partial charge in [-0.15, -0.1) is 0 Å². The number of nitrogens with zero attached hydrogens (tertiary/aromatic N) is 5. The Morgan fingerprint density at radius 3 is 2.30 bits per heavy atom. The molecule has 0 bridgehead atoms. The molecular weight excluding hydrogens is 552 g/mol. The second kappa shape index (κ2) is 11.9. The first kappa shape index (κ1) is 31.3. The zero-order valence-corrected chi connectivity index (χ0v) is 25.9. The van der Waals surface area contributed by atoms with Gasteiger partial charge in [0.15, 0.2) is 5.65 Å². The van der Waals surface area contributed by atoms with E-state index in [0.717, 1.165) is 0 Å². The minimum atomic E-state index is -0.702. The van der Waals surface area contributed by atoms with Gasteiger partial charge in [-0.3, -0.25) is 9.69 Å². The summed E-state index contributed by atoms with van der Waals surface area (Å²) in [5.74, 6) is -0.0722. The van der Waals surface area contributed by atoms with E-state index in [1.54, 1.807) is 100 Å². The number of carbonyl (C=O) groups excluding carboxylic acids is 3. The number of ether oxygens (including phenoxy) is 2. The van der Waals surface area contributed by atoms with E-state index in [-0.39, 0.29) is 25.5 Å². The Morgan fingerprint density at radius 1 is 1.00 bits per heavy atom. The van der Waals surface area contributed by atoms with Crippen LogP contribution in [0, 0.1) is 5.41 Å². The number of hydrogen-bond donors (Lipinski definition) is 3. The van der Waals surface area contributed by atoms with Gasteiger partial charge in [0.25, 0.3) is 5.91 Å². The van der Waals surface area contributed by atoms with E-state index in [0.29, 0.717) is 39.7 Å². The van der Waals surface area contributed by atoms with Gasteiger partial charge in [0.1, 0.15) is 17.0 Å². The van der Waals surface area contributed by atoms with Gasteiger partial charge in [-0.05, 0) is 60.6 Å².